The average molecular weight is 895 g/mol. The third-order valence-electron chi connectivity index (χ3n) is 12.5. The maximum absolute atomic E-state index is 10.6. The number of furan rings is 2. The second kappa shape index (κ2) is 19.8. The Kier molecular flexibility index (Phi) is 12.6. The molecule has 1 unspecified atom stereocenters. The molecule has 10 aromatic rings. The Morgan fingerprint density at radius 1 is 0.667 bits per heavy atom. The summed E-state index contributed by atoms with van der Waals surface area (Å²) in [4.78, 5) is 2.34. The molecule has 0 aliphatic heterocycles. The zero-order chi connectivity index (χ0) is 47.1. The zero-order valence-electron chi connectivity index (χ0n) is 38.1. The van der Waals surface area contributed by atoms with E-state index < -0.39 is 0 Å². The molecule has 11 rings (SSSR count). The molecule has 2 aromatic heterocycles. The highest BCUT2D eigenvalue weighted by atomic mass is 16.3. The molecule has 1 aliphatic carbocycles. The molecule has 5 heteroatoms. The van der Waals surface area contributed by atoms with E-state index in [1.807, 2.05) is 97.1 Å². The van der Waals surface area contributed by atoms with Gasteiger partial charge in [-0.05, 0) is 71.5 Å². The summed E-state index contributed by atoms with van der Waals surface area (Å²) in [7, 11) is 0. The van der Waals surface area contributed by atoms with E-state index in [9.17, 15) is 5.11 Å². The van der Waals surface area contributed by atoms with Gasteiger partial charge in [0.15, 0.2) is 0 Å². The number of aliphatic hydroxyl groups is 1. The lowest BCUT2D eigenvalue weighted by atomic mass is 9.90. The van der Waals surface area contributed by atoms with Crippen LogP contribution in [-0.2, 0) is 0 Å². The molecule has 0 amide bonds. The highest BCUT2D eigenvalue weighted by molar-refractivity contribution is 6.17. The zero-order valence-corrected chi connectivity index (χ0v) is 38.1. The number of para-hydroxylation sites is 4. The van der Waals surface area contributed by atoms with Crippen molar-refractivity contribution in [2.45, 2.75) is 6.42 Å². The lowest BCUT2D eigenvalue weighted by Crippen LogP contribution is -2.20. The summed E-state index contributed by atoms with van der Waals surface area (Å²) >= 11 is 0. The molecule has 0 radical (unpaired) electrons. The standard InChI is InChI=1S/C58H43NO3.C6H7N/c1-3-46-54(36-35-42-24-17-32-50-51-33-18-31-47(58(51)62-57(42)50)40-20-7-4-8-21-40)61-55-38-52(48-29-13-14-30-49(48)56(46)55)59(44-26-11-6-12-27-44)45-28-16-25-43(37-45)39(2)19-15-34-53(60)41-22-9-5-10-23-41;7-6-4-2-1-3-5-6/h3-36,38,43,60H,1-2,37H2;1-5H,7H2/b19-15-,36-35-,53-34-;. The summed E-state index contributed by atoms with van der Waals surface area (Å²) in [5, 5.41) is 16.0. The number of anilines is 3. The van der Waals surface area contributed by atoms with Crippen LogP contribution in [0.4, 0.5) is 17.1 Å². The SMILES string of the molecule is C=Cc1c(/C=C\c2cccc3c2oc2c(-c4ccccc4)cccc23)oc2cc(N(C3=CC=CC(C(=C)/C=C\C=C(/O)c4ccccc4)C3)c3ccccc3)c3ccccc3c12.Nc1ccccc1. The predicted molar refractivity (Wildman–Crippen MR) is 292 cm³/mol. The van der Waals surface area contributed by atoms with Crippen molar-refractivity contribution < 1.29 is 13.9 Å². The van der Waals surface area contributed by atoms with Crippen molar-refractivity contribution in [2.75, 3.05) is 10.6 Å². The third-order valence-corrected chi connectivity index (χ3v) is 12.5. The Bertz CT molecular complexity index is 3630. The van der Waals surface area contributed by atoms with E-state index in [0.717, 1.165) is 112 Å². The van der Waals surface area contributed by atoms with Gasteiger partial charge in [-0.25, -0.2) is 0 Å². The van der Waals surface area contributed by atoms with Crippen molar-refractivity contribution in [1.82, 2.24) is 0 Å². The van der Waals surface area contributed by atoms with E-state index in [1.54, 1.807) is 6.08 Å². The minimum absolute atomic E-state index is 0.0496. The maximum atomic E-state index is 10.6. The molecule has 0 saturated heterocycles. The molecule has 5 nitrogen and oxygen atoms in total. The van der Waals surface area contributed by atoms with Crippen LogP contribution < -0.4 is 10.6 Å². The first-order valence-electron chi connectivity index (χ1n) is 23.1. The van der Waals surface area contributed by atoms with Crippen LogP contribution in [0.1, 0.15) is 28.9 Å². The van der Waals surface area contributed by atoms with Gasteiger partial charge >= 0.3 is 0 Å². The largest absolute Gasteiger partial charge is 0.507 e. The lowest BCUT2D eigenvalue weighted by molar-refractivity contribution is 0.512. The summed E-state index contributed by atoms with van der Waals surface area (Å²) in [5.41, 5.74) is 17.6. The molecule has 69 heavy (non-hydrogen) atoms. The normalized spacial score (nSPS) is 13.8. The second-order valence-corrected chi connectivity index (χ2v) is 16.9. The summed E-state index contributed by atoms with van der Waals surface area (Å²) in [6, 6.07) is 63.2. The fraction of sp³-hybridized carbons (Fsp3) is 0.0312. The van der Waals surface area contributed by atoms with Gasteiger partial charge in [0.05, 0.1) is 5.69 Å². The number of fused-ring (bicyclic) bond motifs is 6. The fourth-order valence-electron chi connectivity index (χ4n) is 9.15. The molecule has 1 atom stereocenters. The maximum Gasteiger partial charge on any atom is 0.143 e. The van der Waals surface area contributed by atoms with Crippen LogP contribution in [0.5, 0.6) is 0 Å². The Balaban J connectivity index is 0.000000727. The molecule has 8 aromatic carbocycles. The van der Waals surface area contributed by atoms with E-state index in [1.165, 1.54) is 0 Å². The van der Waals surface area contributed by atoms with E-state index in [0.29, 0.717) is 0 Å². The average Bonchev–Trinajstić information content (AvgIpc) is 3.98. The molecule has 0 fully saturated rings. The summed E-state index contributed by atoms with van der Waals surface area (Å²) in [6.07, 6.45) is 18.8. The number of nitrogens with two attached hydrogens (primary N) is 1. The van der Waals surface area contributed by atoms with E-state index in [-0.39, 0.29) is 11.7 Å². The number of benzene rings is 8. The van der Waals surface area contributed by atoms with Gasteiger partial charge in [-0.1, -0.05) is 201 Å². The van der Waals surface area contributed by atoms with Crippen molar-refractivity contribution >= 4 is 84.7 Å². The van der Waals surface area contributed by atoms with Crippen molar-refractivity contribution in [1.29, 1.82) is 0 Å². The monoisotopic (exact) mass is 894 g/mol. The van der Waals surface area contributed by atoms with Crippen LogP contribution in [-0.4, -0.2) is 5.11 Å². The number of nitrogen functional groups attached to an aromatic ring is 1. The molecule has 2 heterocycles. The quantitative estimate of drug-likeness (QED) is 0.0768. The van der Waals surface area contributed by atoms with Crippen molar-refractivity contribution in [3.8, 4) is 11.1 Å². The highest BCUT2D eigenvalue weighted by Crippen LogP contribution is 2.45. The second-order valence-electron chi connectivity index (χ2n) is 16.9. The molecule has 0 spiro atoms. The summed E-state index contributed by atoms with van der Waals surface area (Å²) in [6.45, 7) is 8.72. The van der Waals surface area contributed by atoms with Crippen LogP contribution in [0.15, 0.2) is 258 Å². The molecular formula is C64H50N2O3. The third kappa shape index (κ3) is 9.10. The molecule has 334 valence electrons. The van der Waals surface area contributed by atoms with Gasteiger partial charge in [0.2, 0.25) is 0 Å². The van der Waals surface area contributed by atoms with Crippen molar-refractivity contribution in [3.63, 3.8) is 0 Å². The van der Waals surface area contributed by atoms with Crippen LogP contribution in [0, 0.1) is 5.92 Å². The first-order valence-corrected chi connectivity index (χ1v) is 23.1. The van der Waals surface area contributed by atoms with Crippen LogP contribution in [0.3, 0.4) is 0 Å². The van der Waals surface area contributed by atoms with Gasteiger partial charge in [-0.3, -0.25) is 0 Å². The van der Waals surface area contributed by atoms with Crippen LogP contribution in [0.2, 0.25) is 0 Å². The van der Waals surface area contributed by atoms with E-state index in [4.69, 9.17) is 14.6 Å². The van der Waals surface area contributed by atoms with E-state index >= 15 is 0 Å². The lowest BCUT2D eigenvalue weighted by Gasteiger charge is -2.32. The number of hydrogen-bond acceptors (Lipinski definition) is 5. The van der Waals surface area contributed by atoms with Crippen LogP contribution in [0.25, 0.3) is 78.8 Å². The number of nitrogens with zero attached hydrogens (tertiary/aromatic N) is 1. The number of allylic oxidation sites excluding steroid dienone is 8. The molecule has 0 saturated carbocycles. The van der Waals surface area contributed by atoms with Gasteiger partial charge < -0.3 is 24.6 Å². The molecule has 3 N–H and O–H groups in total. The number of aliphatic hydroxyl groups excluding tert-OH is 1. The van der Waals surface area contributed by atoms with Gasteiger partial charge in [0.25, 0.3) is 0 Å². The predicted octanol–water partition coefficient (Wildman–Crippen LogP) is 17.5. The Hall–Kier alpha value is -9.06. The summed E-state index contributed by atoms with van der Waals surface area (Å²) in [5.74, 6) is 0.981. The Morgan fingerprint density at radius 2 is 1.30 bits per heavy atom. The van der Waals surface area contributed by atoms with E-state index in [2.05, 4.69) is 158 Å². The van der Waals surface area contributed by atoms with Gasteiger partial charge in [-0.15, -0.1) is 0 Å². The van der Waals surface area contributed by atoms with Gasteiger partial charge in [0.1, 0.15) is 28.3 Å². The number of rotatable bonds is 11. The van der Waals surface area contributed by atoms with Gasteiger partial charge in [0, 0.05) is 72.9 Å². The molecular weight excluding hydrogens is 845 g/mol. The Morgan fingerprint density at radius 3 is 2.01 bits per heavy atom. The van der Waals surface area contributed by atoms with Crippen LogP contribution >= 0.6 is 0 Å². The smallest absolute Gasteiger partial charge is 0.143 e. The fourth-order valence-corrected chi connectivity index (χ4v) is 9.15. The summed E-state index contributed by atoms with van der Waals surface area (Å²) < 4.78 is 13.5. The molecule has 1 aliphatic rings. The van der Waals surface area contributed by atoms with Crippen molar-refractivity contribution in [3.05, 3.63) is 271 Å². The Labute approximate surface area is 402 Å². The first-order chi connectivity index (χ1) is 33.9. The topological polar surface area (TPSA) is 75.8 Å². The minimum Gasteiger partial charge on any atom is -0.507 e. The minimum atomic E-state index is 0.0496. The number of hydrogen-bond donors (Lipinski definition) is 2. The van der Waals surface area contributed by atoms with Gasteiger partial charge in [-0.2, -0.15) is 0 Å². The first kappa shape index (κ1) is 43.8. The van der Waals surface area contributed by atoms with Crippen molar-refractivity contribution in [2.24, 2.45) is 5.92 Å². The highest BCUT2D eigenvalue weighted by Gasteiger charge is 2.25. The molecule has 0 bridgehead atoms.